The van der Waals surface area contributed by atoms with Crippen LogP contribution < -0.4 is 11.1 Å². The zero-order valence-corrected chi connectivity index (χ0v) is 11.2. The Kier molecular flexibility index (Phi) is 6.08. The first-order valence-corrected chi connectivity index (χ1v) is 7.00. The number of hydrogen-bond donors (Lipinski definition) is 2. The summed E-state index contributed by atoms with van der Waals surface area (Å²) in [4.78, 5) is 12.7. The first-order chi connectivity index (χ1) is 8.17. The molecule has 4 heteroatoms. The van der Waals surface area contributed by atoms with E-state index in [1.54, 1.807) is 11.8 Å². The Hall–Kier alpha value is -1.00. The molecule has 0 saturated carbocycles. The Labute approximate surface area is 107 Å². The molecule has 0 aliphatic heterocycles. The maximum atomic E-state index is 11.5. The highest BCUT2D eigenvalue weighted by Gasteiger charge is 2.09. The summed E-state index contributed by atoms with van der Waals surface area (Å²) in [7, 11) is 0. The minimum atomic E-state index is -0.103. The first-order valence-electron chi connectivity index (χ1n) is 5.78. The van der Waals surface area contributed by atoms with Gasteiger partial charge in [0.1, 0.15) is 0 Å². The van der Waals surface area contributed by atoms with Crippen LogP contribution in [0.25, 0.3) is 0 Å². The highest BCUT2D eigenvalue weighted by Crippen LogP contribution is 2.14. The molecule has 1 aromatic rings. The lowest BCUT2D eigenvalue weighted by Gasteiger charge is -2.09. The molecule has 1 unspecified atom stereocenters. The summed E-state index contributed by atoms with van der Waals surface area (Å²) in [6.45, 7) is 2.90. The molecule has 1 atom stereocenters. The van der Waals surface area contributed by atoms with Crippen LogP contribution in [0.15, 0.2) is 29.2 Å². The third-order valence-corrected chi connectivity index (χ3v) is 3.42. The third kappa shape index (κ3) is 4.79. The molecule has 1 aromatic carbocycles. The van der Waals surface area contributed by atoms with Gasteiger partial charge in [0.25, 0.3) is 0 Å². The molecule has 0 saturated heterocycles. The van der Waals surface area contributed by atoms with E-state index in [0.29, 0.717) is 13.1 Å². The van der Waals surface area contributed by atoms with Crippen LogP contribution in [0.1, 0.15) is 12.5 Å². The van der Waals surface area contributed by atoms with Gasteiger partial charge in [-0.15, -0.1) is 11.8 Å². The lowest BCUT2D eigenvalue weighted by Crippen LogP contribution is -2.34. The average molecular weight is 252 g/mol. The highest BCUT2D eigenvalue weighted by atomic mass is 32.2. The number of benzene rings is 1. The van der Waals surface area contributed by atoms with Gasteiger partial charge in [-0.05, 0) is 30.4 Å². The highest BCUT2D eigenvalue weighted by molar-refractivity contribution is 7.98. The number of thioether (sulfide) groups is 1. The topological polar surface area (TPSA) is 55.1 Å². The van der Waals surface area contributed by atoms with E-state index in [9.17, 15) is 4.79 Å². The molecule has 0 bridgehead atoms. The molecule has 94 valence electrons. The van der Waals surface area contributed by atoms with Gasteiger partial charge in [-0.1, -0.05) is 19.1 Å². The molecule has 0 spiro atoms. The Morgan fingerprint density at radius 2 is 2.06 bits per heavy atom. The van der Waals surface area contributed by atoms with Crippen molar-refractivity contribution in [1.29, 1.82) is 0 Å². The molecule has 1 amide bonds. The van der Waals surface area contributed by atoms with E-state index < -0.39 is 0 Å². The van der Waals surface area contributed by atoms with Crippen LogP contribution in [0.4, 0.5) is 0 Å². The van der Waals surface area contributed by atoms with E-state index in [2.05, 4.69) is 35.8 Å². The minimum absolute atomic E-state index is 0.0354. The molecule has 1 rings (SSSR count). The summed E-state index contributed by atoms with van der Waals surface area (Å²) < 4.78 is 0. The Bertz CT molecular complexity index is 351. The van der Waals surface area contributed by atoms with E-state index in [1.807, 2.05) is 6.92 Å². The molecule has 0 radical (unpaired) electrons. The molecular weight excluding hydrogens is 232 g/mol. The SMILES string of the molecule is CSc1ccc(CCNC(=O)C(C)CN)cc1. The van der Waals surface area contributed by atoms with Crippen LogP contribution in [0.2, 0.25) is 0 Å². The zero-order chi connectivity index (χ0) is 12.7. The molecule has 3 nitrogen and oxygen atoms in total. The molecule has 0 aliphatic carbocycles. The Morgan fingerprint density at radius 1 is 1.41 bits per heavy atom. The summed E-state index contributed by atoms with van der Waals surface area (Å²) in [5.74, 6) is -0.0675. The lowest BCUT2D eigenvalue weighted by atomic mass is 10.1. The van der Waals surface area contributed by atoms with Crippen LogP contribution in [0, 0.1) is 5.92 Å². The fourth-order valence-electron chi connectivity index (χ4n) is 1.40. The standard InChI is InChI=1S/C13H20N2OS/c1-10(9-14)13(16)15-8-7-11-3-5-12(17-2)6-4-11/h3-6,10H,7-9,14H2,1-2H3,(H,15,16). The van der Waals surface area contributed by atoms with E-state index >= 15 is 0 Å². The number of hydrogen-bond acceptors (Lipinski definition) is 3. The summed E-state index contributed by atoms with van der Waals surface area (Å²) in [6, 6.07) is 8.41. The van der Waals surface area contributed by atoms with Gasteiger partial charge >= 0.3 is 0 Å². The number of amides is 1. The van der Waals surface area contributed by atoms with Gasteiger partial charge in [-0.2, -0.15) is 0 Å². The summed E-state index contributed by atoms with van der Waals surface area (Å²) in [5.41, 5.74) is 6.66. The van der Waals surface area contributed by atoms with Crippen LogP contribution in [0.5, 0.6) is 0 Å². The van der Waals surface area contributed by atoms with Gasteiger partial charge in [0, 0.05) is 23.9 Å². The first kappa shape index (κ1) is 14.1. The van der Waals surface area contributed by atoms with Crippen molar-refractivity contribution in [3.63, 3.8) is 0 Å². The fourth-order valence-corrected chi connectivity index (χ4v) is 1.81. The van der Waals surface area contributed by atoms with Crippen LogP contribution >= 0.6 is 11.8 Å². The lowest BCUT2D eigenvalue weighted by molar-refractivity contribution is -0.124. The number of nitrogens with two attached hydrogens (primary N) is 1. The zero-order valence-electron chi connectivity index (χ0n) is 10.4. The number of carbonyl (C=O) groups excluding carboxylic acids is 1. The molecule has 17 heavy (non-hydrogen) atoms. The van der Waals surface area contributed by atoms with Gasteiger partial charge in [-0.25, -0.2) is 0 Å². The Balaban J connectivity index is 2.33. The molecule has 0 aromatic heterocycles. The van der Waals surface area contributed by atoms with Crippen molar-refractivity contribution in [2.75, 3.05) is 19.3 Å². The maximum absolute atomic E-state index is 11.5. The quantitative estimate of drug-likeness (QED) is 0.757. The second-order valence-electron chi connectivity index (χ2n) is 4.03. The number of rotatable bonds is 6. The normalized spacial score (nSPS) is 12.2. The molecule has 0 heterocycles. The van der Waals surface area contributed by atoms with Crippen LogP contribution in [-0.2, 0) is 11.2 Å². The van der Waals surface area contributed by atoms with Gasteiger partial charge in [0.05, 0.1) is 0 Å². The maximum Gasteiger partial charge on any atom is 0.224 e. The van der Waals surface area contributed by atoms with Gasteiger partial charge in [0.2, 0.25) is 5.91 Å². The molecular formula is C13H20N2OS. The Morgan fingerprint density at radius 3 is 2.59 bits per heavy atom. The fraction of sp³-hybridized carbons (Fsp3) is 0.462. The summed E-state index contributed by atoms with van der Waals surface area (Å²) in [5, 5.41) is 2.89. The van der Waals surface area contributed by atoms with Crippen molar-refractivity contribution < 1.29 is 4.79 Å². The van der Waals surface area contributed by atoms with Gasteiger partial charge in [0.15, 0.2) is 0 Å². The summed E-state index contributed by atoms with van der Waals surface area (Å²) in [6.07, 6.45) is 2.92. The van der Waals surface area contributed by atoms with Gasteiger partial charge in [-0.3, -0.25) is 4.79 Å². The third-order valence-electron chi connectivity index (χ3n) is 2.67. The predicted octanol–water partition coefficient (Wildman–Crippen LogP) is 1.66. The summed E-state index contributed by atoms with van der Waals surface area (Å²) >= 11 is 1.73. The van der Waals surface area contributed by atoms with Crippen LogP contribution in [0.3, 0.4) is 0 Å². The van der Waals surface area contributed by atoms with E-state index in [1.165, 1.54) is 10.5 Å². The van der Waals surface area contributed by atoms with E-state index in [4.69, 9.17) is 5.73 Å². The van der Waals surface area contributed by atoms with Crippen molar-refractivity contribution in [3.05, 3.63) is 29.8 Å². The second kappa shape index (κ2) is 7.35. The second-order valence-corrected chi connectivity index (χ2v) is 4.91. The minimum Gasteiger partial charge on any atom is -0.355 e. The largest absolute Gasteiger partial charge is 0.355 e. The molecule has 3 N–H and O–H groups in total. The van der Waals surface area contributed by atoms with Crippen LogP contribution in [-0.4, -0.2) is 25.3 Å². The van der Waals surface area contributed by atoms with E-state index in [-0.39, 0.29) is 11.8 Å². The van der Waals surface area contributed by atoms with Crippen molar-refractivity contribution in [2.45, 2.75) is 18.2 Å². The van der Waals surface area contributed by atoms with Crippen molar-refractivity contribution in [3.8, 4) is 0 Å². The van der Waals surface area contributed by atoms with Crippen molar-refractivity contribution in [1.82, 2.24) is 5.32 Å². The van der Waals surface area contributed by atoms with Gasteiger partial charge < -0.3 is 11.1 Å². The molecule has 0 fully saturated rings. The number of nitrogens with one attached hydrogen (secondary N) is 1. The van der Waals surface area contributed by atoms with Crippen molar-refractivity contribution in [2.24, 2.45) is 11.7 Å². The smallest absolute Gasteiger partial charge is 0.224 e. The van der Waals surface area contributed by atoms with Crippen molar-refractivity contribution >= 4 is 17.7 Å². The number of carbonyl (C=O) groups is 1. The average Bonchev–Trinajstić information content (AvgIpc) is 2.38. The predicted molar refractivity (Wildman–Crippen MR) is 73.2 cm³/mol. The van der Waals surface area contributed by atoms with E-state index in [0.717, 1.165) is 6.42 Å². The monoisotopic (exact) mass is 252 g/mol. The molecule has 0 aliphatic rings.